The van der Waals surface area contributed by atoms with Gasteiger partial charge in [-0.2, -0.15) is 0 Å². The molecule has 0 saturated heterocycles. The van der Waals surface area contributed by atoms with Crippen molar-refractivity contribution in [2.75, 3.05) is 13.2 Å². The van der Waals surface area contributed by atoms with Crippen molar-refractivity contribution in [1.29, 1.82) is 0 Å². The van der Waals surface area contributed by atoms with Gasteiger partial charge in [0.15, 0.2) is 6.29 Å². The van der Waals surface area contributed by atoms with Crippen LogP contribution in [0.15, 0.2) is 18.2 Å². The minimum Gasteiger partial charge on any atom is -0.387 e. The fraction of sp³-hybridized carbons (Fsp3) is 0.600. The Morgan fingerprint density at radius 2 is 1.56 bits per heavy atom. The monoisotopic (exact) mass is 252 g/mol. The Balaban J connectivity index is 2.75. The molecule has 0 saturated carbocycles. The third-order valence-corrected chi connectivity index (χ3v) is 3.03. The molecule has 1 aromatic rings. The molecular weight excluding hydrogens is 228 g/mol. The van der Waals surface area contributed by atoms with Crippen LogP contribution in [0.1, 0.15) is 30.5 Å². The van der Waals surface area contributed by atoms with Gasteiger partial charge in [-0.05, 0) is 44.4 Å². The summed E-state index contributed by atoms with van der Waals surface area (Å²) in [6.07, 6.45) is -0.618. The van der Waals surface area contributed by atoms with Crippen LogP contribution in [0.2, 0.25) is 0 Å². The van der Waals surface area contributed by atoms with E-state index in [4.69, 9.17) is 9.47 Å². The Morgan fingerprint density at radius 1 is 1.06 bits per heavy atom. The third-order valence-electron chi connectivity index (χ3n) is 3.03. The van der Waals surface area contributed by atoms with Gasteiger partial charge < -0.3 is 14.6 Å². The zero-order valence-electron chi connectivity index (χ0n) is 11.8. The topological polar surface area (TPSA) is 38.7 Å². The predicted octanol–water partition coefficient (Wildman–Crippen LogP) is 2.61. The lowest BCUT2D eigenvalue weighted by Crippen LogP contribution is -2.34. The van der Waals surface area contributed by atoms with Gasteiger partial charge in [0.25, 0.3) is 0 Å². The van der Waals surface area contributed by atoms with E-state index >= 15 is 0 Å². The van der Waals surface area contributed by atoms with Crippen LogP contribution in [0.3, 0.4) is 0 Å². The van der Waals surface area contributed by atoms with Crippen molar-refractivity contribution in [3.05, 3.63) is 34.9 Å². The van der Waals surface area contributed by atoms with Crippen molar-refractivity contribution in [3.8, 4) is 0 Å². The van der Waals surface area contributed by atoms with E-state index in [0.717, 1.165) is 0 Å². The molecule has 3 nitrogen and oxygen atoms in total. The maximum atomic E-state index is 10.2. The van der Waals surface area contributed by atoms with Gasteiger partial charge in [-0.3, -0.25) is 0 Å². The van der Waals surface area contributed by atoms with E-state index in [2.05, 4.69) is 26.0 Å². The van der Waals surface area contributed by atoms with Gasteiger partial charge in [-0.25, -0.2) is 0 Å². The Hall–Kier alpha value is -0.900. The molecule has 0 aliphatic rings. The van der Waals surface area contributed by atoms with E-state index < -0.39 is 12.4 Å². The zero-order chi connectivity index (χ0) is 13.5. The Bertz CT molecular complexity index is 337. The van der Waals surface area contributed by atoms with Crippen LogP contribution in [-0.2, 0) is 15.9 Å². The van der Waals surface area contributed by atoms with Crippen molar-refractivity contribution in [2.24, 2.45) is 0 Å². The van der Waals surface area contributed by atoms with Crippen molar-refractivity contribution in [2.45, 2.75) is 46.5 Å². The number of hydrogen-bond acceptors (Lipinski definition) is 3. The number of ether oxygens (including phenoxy) is 2. The van der Waals surface area contributed by atoms with Crippen LogP contribution < -0.4 is 0 Å². The van der Waals surface area contributed by atoms with Gasteiger partial charge in [0.05, 0.1) is 0 Å². The molecule has 1 aromatic carbocycles. The van der Waals surface area contributed by atoms with E-state index in [1.807, 2.05) is 19.9 Å². The fourth-order valence-corrected chi connectivity index (χ4v) is 2.08. The molecule has 1 N–H and O–H groups in total. The molecule has 0 spiro atoms. The summed E-state index contributed by atoms with van der Waals surface area (Å²) < 4.78 is 10.8. The second-order valence-corrected chi connectivity index (χ2v) is 4.42. The maximum absolute atomic E-state index is 10.2. The molecule has 18 heavy (non-hydrogen) atoms. The zero-order valence-corrected chi connectivity index (χ0v) is 11.8. The molecule has 1 rings (SSSR count). The molecule has 102 valence electrons. The average Bonchev–Trinajstić information content (AvgIpc) is 2.33. The van der Waals surface area contributed by atoms with Crippen LogP contribution in [0.5, 0.6) is 0 Å². The summed E-state index contributed by atoms with van der Waals surface area (Å²) in [4.78, 5) is 0. The molecule has 0 fully saturated rings. The van der Waals surface area contributed by atoms with Gasteiger partial charge in [-0.1, -0.05) is 18.2 Å². The molecule has 0 amide bonds. The lowest BCUT2D eigenvalue weighted by atomic mass is 9.97. The van der Waals surface area contributed by atoms with Crippen molar-refractivity contribution in [1.82, 2.24) is 0 Å². The standard InChI is InChI=1S/C15H24O3/c1-5-17-15(18-6-2)14(16)10-13-11(3)8-7-9-12(13)4/h7-9,14-16H,5-6,10H2,1-4H3. The highest BCUT2D eigenvalue weighted by Gasteiger charge is 2.21. The van der Waals surface area contributed by atoms with E-state index in [-0.39, 0.29) is 0 Å². The molecule has 3 heteroatoms. The molecule has 0 aliphatic carbocycles. The van der Waals surface area contributed by atoms with Crippen molar-refractivity contribution < 1.29 is 14.6 Å². The first-order valence-electron chi connectivity index (χ1n) is 6.56. The van der Waals surface area contributed by atoms with Crippen LogP contribution in [0.25, 0.3) is 0 Å². The van der Waals surface area contributed by atoms with Crippen molar-refractivity contribution in [3.63, 3.8) is 0 Å². The average molecular weight is 252 g/mol. The first-order valence-corrected chi connectivity index (χ1v) is 6.56. The molecule has 0 heterocycles. The minimum atomic E-state index is -0.635. The number of aliphatic hydroxyl groups excluding tert-OH is 1. The smallest absolute Gasteiger partial charge is 0.183 e. The molecule has 0 aliphatic heterocycles. The SMILES string of the molecule is CCOC(OCC)C(O)Cc1c(C)cccc1C. The van der Waals surface area contributed by atoms with Gasteiger partial charge in [0.2, 0.25) is 0 Å². The van der Waals surface area contributed by atoms with Gasteiger partial charge in [0, 0.05) is 19.6 Å². The summed E-state index contributed by atoms with van der Waals surface area (Å²) >= 11 is 0. The highest BCUT2D eigenvalue weighted by atomic mass is 16.7. The summed E-state index contributed by atoms with van der Waals surface area (Å²) in [5, 5.41) is 10.2. The molecular formula is C15H24O3. The van der Waals surface area contributed by atoms with Crippen LogP contribution in [-0.4, -0.2) is 30.7 Å². The van der Waals surface area contributed by atoms with E-state index in [1.165, 1.54) is 16.7 Å². The predicted molar refractivity (Wildman–Crippen MR) is 72.7 cm³/mol. The number of benzene rings is 1. The minimum absolute atomic E-state index is 0.536. The van der Waals surface area contributed by atoms with E-state index in [0.29, 0.717) is 19.6 Å². The molecule has 1 unspecified atom stereocenters. The van der Waals surface area contributed by atoms with Gasteiger partial charge >= 0.3 is 0 Å². The lowest BCUT2D eigenvalue weighted by Gasteiger charge is -2.23. The number of aliphatic hydroxyl groups is 1. The summed E-state index contributed by atoms with van der Waals surface area (Å²) in [6, 6.07) is 6.15. The first-order chi connectivity index (χ1) is 8.60. The molecule has 1 atom stereocenters. The quantitative estimate of drug-likeness (QED) is 0.758. The number of hydrogen-bond donors (Lipinski definition) is 1. The Kier molecular flexibility index (Phi) is 6.33. The maximum Gasteiger partial charge on any atom is 0.183 e. The fourth-order valence-electron chi connectivity index (χ4n) is 2.08. The molecule has 0 aromatic heterocycles. The van der Waals surface area contributed by atoms with Gasteiger partial charge in [0.1, 0.15) is 6.10 Å². The van der Waals surface area contributed by atoms with Crippen LogP contribution >= 0.6 is 0 Å². The van der Waals surface area contributed by atoms with E-state index in [1.54, 1.807) is 0 Å². The van der Waals surface area contributed by atoms with E-state index in [9.17, 15) is 5.11 Å². The largest absolute Gasteiger partial charge is 0.387 e. The molecule has 0 radical (unpaired) electrons. The highest BCUT2D eigenvalue weighted by Crippen LogP contribution is 2.17. The van der Waals surface area contributed by atoms with Crippen LogP contribution in [0, 0.1) is 13.8 Å². The van der Waals surface area contributed by atoms with Crippen LogP contribution in [0.4, 0.5) is 0 Å². The van der Waals surface area contributed by atoms with Gasteiger partial charge in [-0.15, -0.1) is 0 Å². The Labute approximate surface area is 110 Å². The molecule has 0 bridgehead atoms. The van der Waals surface area contributed by atoms with Crippen molar-refractivity contribution >= 4 is 0 Å². The summed E-state index contributed by atoms with van der Waals surface area (Å²) in [7, 11) is 0. The second kappa shape index (κ2) is 7.52. The second-order valence-electron chi connectivity index (χ2n) is 4.42. The lowest BCUT2D eigenvalue weighted by molar-refractivity contribution is -0.188. The first kappa shape index (κ1) is 15.2. The normalized spacial score (nSPS) is 13.0. The summed E-state index contributed by atoms with van der Waals surface area (Å²) in [5.74, 6) is 0. The summed E-state index contributed by atoms with van der Waals surface area (Å²) in [6.45, 7) is 9.00. The third kappa shape index (κ3) is 4.09. The number of rotatable bonds is 7. The Morgan fingerprint density at radius 3 is 2.00 bits per heavy atom. The summed E-state index contributed by atoms with van der Waals surface area (Å²) in [5.41, 5.74) is 3.57. The number of aryl methyl sites for hydroxylation is 2. The highest BCUT2D eigenvalue weighted by molar-refractivity contribution is 5.34.